The number of methoxy groups -OCH3 is 1. The van der Waals surface area contributed by atoms with Crippen LogP contribution in [0.5, 0.6) is 11.8 Å². The Labute approximate surface area is 195 Å². The first-order valence-corrected chi connectivity index (χ1v) is 12.2. The zero-order valence-corrected chi connectivity index (χ0v) is 20.3. The molecule has 2 unspecified atom stereocenters. The highest BCUT2D eigenvalue weighted by molar-refractivity contribution is 7.27. The van der Waals surface area contributed by atoms with Crippen LogP contribution in [0.25, 0.3) is 0 Å². The van der Waals surface area contributed by atoms with E-state index in [4.69, 9.17) is 9.47 Å². The van der Waals surface area contributed by atoms with Crippen molar-refractivity contribution in [1.82, 2.24) is 19.9 Å². The van der Waals surface area contributed by atoms with E-state index in [0.29, 0.717) is 24.5 Å². The summed E-state index contributed by atoms with van der Waals surface area (Å²) >= 11 is 1.64. The van der Waals surface area contributed by atoms with Crippen molar-refractivity contribution < 1.29 is 9.47 Å². The van der Waals surface area contributed by atoms with Gasteiger partial charge in [0.1, 0.15) is 12.4 Å². The van der Waals surface area contributed by atoms with E-state index in [2.05, 4.69) is 46.6 Å². The van der Waals surface area contributed by atoms with Gasteiger partial charge < -0.3 is 20.1 Å². The Morgan fingerprint density at radius 2 is 2.09 bits per heavy atom. The van der Waals surface area contributed by atoms with Gasteiger partial charge in [-0.3, -0.25) is 4.90 Å². The lowest BCUT2D eigenvalue weighted by atomic mass is 10.2. The number of rotatable bonds is 10. The molecule has 1 saturated heterocycles. The van der Waals surface area contributed by atoms with Crippen molar-refractivity contribution in [3.63, 3.8) is 0 Å². The molecule has 32 heavy (non-hydrogen) atoms. The van der Waals surface area contributed by atoms with Gasteiger partial charge in [0.25, 0.3) is 0 Å². The summed E-state index contributed by atoms with van der Waals surface area (Å²) in [6.45, 7) is 5.62. The number of likely N-dealkylation sites (N-methyl/N-ethyl adjacent to an activating group) is 1. The predicted octanol–water partition coefficient (Wildman–Crippen LogP) is 3.66. The topological polar surface area (TPSA) is 84.4 Å². The van der Waals surface area contributed by atoms with Gasteiger partial charge in [-0.25, -0.2) is 0 Å². The summed E-state index contributed by atoms with van der Waals surface area (Å²) < 4.78 is 11.2. The Bertz CT molecular complexity index is 1020. The maximum atomic E-state index is 5.88. The van der Waals surface area contributed by atoms with E-state index in [1.54, 1.807) is 18.4 Å². The molecular weight excluding hydrogens is 443 g/mol. The fourth-order valence-corrected chi connectivity index (χ4v) is 4.79. The van der Waals surface area contributed by atoms with Gasteiger partial charge in [-0.15, -0.1) is 20.6 Å². The van der Waals surface area contributed by atoms with E-state index in [9.17, 15) is 0 Å². The molecule has 1 aliphatic rings. The maximum Gasteiger partial charge on any atom is 0.323 e. The summed E-state index contributed by atoms with van der Waals surface area (Å²) in [6.07, 6.45) is 2.41. The highest BCUT2D eigenvalue weighted by Crippen LogP contribution is 2.22. The molecule has 0 saturated carbocycles. The van der Waals surface area contributed by atoms with E-state index < -0.39 is 0 Å². The van der Waals surface area contributed by atoms with Crippen LogP contribution in [0.4, 0.5) is 17.6 Å². The summed E-state index contributed by atoms with van der Waals surface area (Å²) in [4.78, 5) is 17.1. The van der Waals surface area contributed by atoms with E-state index >= 15 is 0 Å². The Morgan fingerprint density at radius 1 is 1.22 bits per heavy atom. The first-order chi connectivity index (χ1) is 15.6. The number of nitrogens with one attached hydrogen (secondary N) is 2. The summed E-state index contributed by atoms with van der Waals surface area (Å²) in [5.74, 6) is 1.74. The molecule has 170 valence electrons. The minimum atomic E-state index is 0.289. The molecule has 4 rings (SSSR count). The first kappa shape index (κ1) is 22.7. The molecule has 3 heterocycles. The summed E-state index contributed by atoms with van der Waals surface area (Å²) in [5.41, 5.74) is 0.852. The molecule has 2 aromatic heterocycles. The number of hydrogen-bond acceptors (Lipinski definition) is 9. The Kier molecular flexibility index (Phi) is 7.73. The molecule has 8 nitrogen and oxygen atoms in total. The minimum Gasteiger partial charge on any atom is -0.496 e. The third kappa shape index (κ3) is 5.85. The van der Waals surface area contributed by atoms with Crippen molar-refractivity contribution in [1.29, 1.82) is 0 Å². The SMILES string of the molecule is CCN1CCCC1CNc1nc(Nc2ccc(OC)c(P)c2)nc(OCc2cccs2)n1. The molecule has 3 aromatic rings. The molecule has 0 aliphatic carbocycles. The van der Waals surface area contributed by atoms with Crippen LogP contribution in [-0.2, 0) is 6.61 Å². The smallest absolute Gasteiger partial charge is 0.323 e. The summed E-state index contributed by atoms with van der Waals surface area (Å²) in [7, 11) is 4.33. The fourth-order valence-electron chi connectivity index (χ4n) is 3.78. The summed E-state index contributed by atoms with van der Waals surface area (Å²) in [6, 6.07) is 10.6. The van der Waals surface area contributed by atoms with Gasteiger partial charge in [0.2, 0.25) is 11.9 Å². The Balaban J connectivity index is 1.51. The number of nitrogens with zero attached hydrogens (tertiary/aromatic N) is 4. The van der Waals surface area contributed by atoms with Crippen molar-refractivity contribution in [3.05, 3.63) is 40.6 Å². The zero-order valence-electron chi connectivity index (χ0n) is 18.4. The van der Waals surface area contributed by atoms with Crippen LogP contribution in [-0.4, -0.2) is 52.6 Å². The van der Waals surface area contributed by atoms with Gasteiger partial charge in [-0.2, -0.15) is 15.0 Å². The van der Waals surface area contributed by atoms with Crippen molar-refractivity contribution in [2.75, 3.05) is 37.4 Å². The largest absolute Gasteiger partial charge is 0.496 e. The second-order valence-electron chi connectivity index (χ2n) is 7.52. The van der Waals surface area contributed by atoms with Crippen LogP contribution in [0, 0.1) is 0 Å². The Hall–Kier alpha value is -2.48. The van der Waals surface area contributed by atoms with E-state index in [1.165, 1.54) is 12.8 Å². The second-order valence-corrected chi connectivity index (χ2v) is 9.17. The molecular formula is C22H29N6O2PS. The van der Waals surface area contributed by atoms with Crippen LogP contribution in [0.1, 0.15) is 24.6 Å². The van der Waals surface area contributed by atoms with Gasteiger partial charge in [0, 0.05) is 28.5 Å². The number of benzene rings is 1. The first-order valence-electron chi connectivity index (χ1n) is 10.7. The van der Waals surface area contributed by atoms with Gasteiger partial charge in [-0.1, -0.05) is 13.0 Å². The molecule has 10 heteroatoms. The third-order valence-electron chi connectivity index (χ3n) is 5.43. The fraction of sp³-hybridized carbons (Fsp3) is 0.409. The lowest BCUT2D eigenvalue weighted by molar-refractivity contribution is 0.275. The van der Waals surface area contributed by atoms with Crippen LogP contribution >= 0.6 is 20.6 Å². The highest BCUT2D eigenvalue weighted by Gasteiger charge is 2.23. The van der Waals surface area contributed by atoms with Crippen molar-refractivity contribution >= 4 is 43.5 Å². The number of thiophene rings is 1. The van der Waals surface area contributed by atoms with Crippen molar-refractivity contribution in [2.45, 2.75) is 32.4 Å². The second kappa shape index (κ2) is 10.9. The number of likely N-dealkylation sites (tertiary alicyclic amines) is 1. The van der Waals surface area contributed by atoms with E-state index in [1.807, 2.05) is 35.7 Å². The van der Waals surface area contributed by atoms with Crippen LogP contribution in [0.3, 0.4) is 0 Å². The Morgan fingerprint density at radius 3 is 2.84 bits per heavy atom. The third-order valence-corrected chi connectivity index (χ3v) is 6.73. The number of anilines is 3. The average molecular weight is 473 g/mol. The highest BCUT2D eigenvalue weighted by atomic mass is 32.1. The lowest BCUT2D eigenvalue weighted by Gasteiger charge is -2.23. The van der Waals surface area contributed by atoms with Gasteiger partial charge in [-0.05, 0) is 55.6 Å². The van der Waals surface area contributed by atoms with Crippen molar-refractivity contribution in [2.24, 2.45) is 0 Å². The number of ether oxygens (including phenoxy) is 2. The van der Waals surface area contributed by atoms with E-state index in [0.717, 1.165) is 41.3 Å². The molecule has 1 aromatic carbocycles. The molecule has 0 spiro atoms. The lowest BCUT2D eigenvalue weighted by Crippen LogP contribution is -2.35. The van der Waals surface area contributed by atoms with Gasteiger partial charge in [0.05, 0.1) is 7.11 Å². The minimum absolute atomic E-state index is 0.289. The predicted molar refractivity (Wildman–Crippen MR) is 133 cm³/mol. The number of aromatic nitrogens is 3. The molecule has 1 fully saturated rings. The maximum absolute atomic E-state index is 5.88. The standard InChI is InChI=1S/C22H29N6O2PS/c1-3-28-10-4-6-16(28)13-23-20-25-21(24-15-8-9-18(29-2)19(31)12-15)27-22(26-20)30-14-17-7-5-11-32-17/h5,7-9,11-12,16H,3-4,6,10,13-14,31H2,1-2H3,(H2,23,24,25,26,27). The van der Waals surface area contributed by atoms with Crippen LogP contribution < -0.4 is 25.4 Å². The molecule has 1 aliphatic heterocycles. The van der Waals surface area contributed by atoms with Crippen molar-refractivity contribution in [3.8, 4) is 11.8 Å². The zero-order chi connectivity index (χ0) is 22.3. The quantitative estimate of drug-likeness (QED) is 0.433. The molecule has 0 radical (unpaired) electrons. The van der Waals surface area contributed by atoms with E-state index in [-0.39, 0.29) is 6.01 Å². The van der Waals surface area contributed by atoms with Gasteiger partial charge >= 0.3 is 6.01 Å². The van der Waals surface area contributed by atoms with Crippen LogP contribution in [0.15, 0.2) is 35.7 Å². The molecule has 2 N–H and O–H groups in total. The monoisotopic (exact) mass is 472 g/mol. The normalized spacial score (nSPS) is 16.2. The molecule has 0 bridgehead atoms. The molecule has 0 amide bonds. The van der Waals surface area contributed by atoms with Crippen LogP contribution in [0.2, 0.25) is 0 Å². The summed E-state index contributed by atoms with van der Waals surface area (Å²) in [5, 5.41) is 9.62. The average Bonchev–Trinajstić information content (AvgIpc) is 3.48. The number of hydrogen-bond donors (Lipinski definition) is 2. The molecule has 2 atom stereocenters. The van der Waals surface area contributed by atoms with Gasteiger partial charge in [0.15, 0.2) is 0 Å².